The van der Waals surface area contributed by atoms with Gasteiger partial charge in [0, 0.05) is 0 Å². The Balaban J connectivity index is 1.91. The number of aromatic amines is 1. The van der Waals surface area contributed by atoms with Crippen molar-refractivity contribution < 1.29 is 9.21 Å². The number of carbonyl (C=O) groups is 1. The summed E-state index contributed by atoms with van der Waals surface area (Å²) < 4.78 is 5.29. The molecule has 0 saturated heterocycles. The standard InChI is InChI=1S/C9H10N4O2/c1-6-2-3-7(15-6)4-10-9(14)8-5-11-13-12-8/h2-3,5H,4H2,1H3,(H,10,14)(H,11,12,13). The summed E-state index contributed by atoms with van der Waals surface area (Å²) >= 11 is 0. The van der Waals surface area contributed by atoms with Crippen molar-refractivity contribution in [1.29, 1.82) is 0 Å². The summed E-state index contributed by atoms with van der Waals surface area (Å²) in [6.07, 6.45) is 1.36. The van der Waals surface area contributed by atoms with Gasteiger partial charge in [-0.3, -0.25) is 4.79 Å². The molecule has 0 atom stereocenters. The highest BCUT2D eigenvalue weighted by Gasteiger charge is 2.08. The monoisotopic (exact) mass is 206 g/mol. The second kappa shape index (κ2) is 3.95. The van der Waals surface area contributed by atoms with Crippen molar-refractivity contribution in [2.24, 2.45) is 0 Å². The maximum atomic E-state index is 11.4. The highest BCUT2D eigenvalue weighted by molar-refractivity contribution is 5.91. The zero-order valence-electron chi connectivity index (χ0n) is 8.15. The summed E-state index contributed by atoms with van der Waals surface area (Å²) in [5.41, 5.74) is 0.262. The van der Waals surface area contributed by atoms with E-state index in [0.29, 0.717) is 12.3 Å². The van der Waals surface area contributed by atoms with E-state index < -0.39 is 0 Å². The molecule has 0 aromatic carbocycles. The van der Waals surface area contributed by atoms with Crippen molar-refractivity contribution in [2.45, 2.75) is 13.5 Å². The van der Waals surface area contributed by atoms with E-state index in [1.165, 1.54) is 6.20 Å². The van der Waals surface area contributed by atoms with Crippen molar-refractivity contribution in [2.75, 3.05) is 0 Å². The highest BCUT2D eigenvalue weighted by Crippen LogP contribution is 2.05. The van der Waals surface area contributed by atoms with E-state index in [4.69, 9.17) is 4.42 Å². The first kappa shape index (κ1) is 9.45. The van der Waals surface area contributed by atoms with E-state index in [1.54, 1.807) is 0 Å². The molecule has 0 spiro atoms. The van der Waals surface area contributed by atoms with Gasteiger partial charge in [-0.2, -0.15) is 15.4 Å². The molecule has 0 saturated carbocycles. The zero-order chi connectivity index (χ0) is 10.7. The maximum absolute atomic E-state index is 11.4. The summed E-state index contributed by atoms with van der Waals surface area (Å²) in [6, 6.07) is 3.66. The number of nitrogens with zero attached hydrogens (tertiary/aromatic N) is 2. The summed E-state index contributed by atoms with van der Waals surface area (Å²) in [4.78, 5) is 11.4. The summed E-state index contributed by atoms with van der Waals surface area (Å²) in [5.74, 6) is 1.25. The Hall–Kier alpha value is -2.11. The molecule has 15 heavy (non-hydrogen) atoms. The molecule has 2 heterocycles. The van der Waals surface area contributed by atoms with Crippen LogP contribution in [-0.4, -0.2) is 21.3 Å². The van der Waals surface area contributed by atoms with Crippen LogP contribution in [-0.2, 0) is 6.54 Å². The van der Waals surface area contributed by atoms with Crippen LogP contribution in [0.4, 0.5) is 0 Å². The van der Waals surface area contributed by atoms with Gasteiger partial charge in [0.2, 0.25) is 0 Å². The van der Waals surface area contributed by atoms with E-state index in [2.05, 4.69) is 20.7 Å². The van der Waals surface area contributed by atoms with Crippen molar-refractivity contribution in [3.63, 3.8) is 0 Å². The quantitative estimate of drug-likeness (QED) is 0.771. The van der Waals surface area contributed by atoms with Gasteiger partial charge in [0.1, 0.15) is 11.5 Å². The molecule has 6 nitrogen and oxygen atoms in total. The number of furan rings is 1. The lowest BCUT2D eigenvalue weighted by Gasteiger charge is -1.98. The van der Waals surface area contributed by atoms with E-state index >= 15 is 0 Å². The number of carbonyl (C=O) groups excluding carboxylic acids is 1. The molecule has 6 heteroatoms. The summed E-state index contributed by atoms with van der Waals surface area (Å²) in [7, 11) is 0. The SMILES string of the molecule is Cc1ccc(CNC(=O)c2cn[nH]n2)o1. The second-order valence-corrected chi connectivity index (χ2v) is 3.05. The van der Waals surface area contributed by atoms with Crippen LogP contribution in [0.25, 0.3) is 0 Å². The van der Waals surface area contributed by atoms with E-state index in [0.717, 1.165) is 5.76 Å². The van der Waals surface area contributed by atoms with Crippen molar-refractivity contribution in [3.8, 4) is 0 Å². The number of aromatic nitrogens is 3. The molecule has 0 bridgehead atoms. The minimum atomic E-state index is -0.280. The van der Waals surface area contributed by atoms with Gasteiger partial charge in [-0.1, -0.05) is 0 Å². The third-order valence-electron chi connectivity index (χ3n) is 1.87. The Labute approximate surface area is 85.7 Å². The Morgan fingerprint density at radius 1 is 1.60 bits per heavy atom. The van der Waals surface area contributed by atoms with Crippen LogP contribution in [0.3, 0.4) is 0 Å². The molecule has 0 radical (unpaired) electrons. The topological polar surface area (TPSA) is 83.8 Å². The molecule has 0 aliphatic rings. The van der Waals surface area contributed by atoms with Gasteiger partial charge in [-0.15, -0.1) is 0 Å². The van der Waals surface area contributed by atoms with Crippen LogP contribution < -0.4 is 5.32 Å². The smallest absolute Gasteiger partial charge is 0.273 e. The molecule has 1 amide bonds. The van der Waals surface area contributed by atoms with Crippen molar-refractivity contribution in [1.82, 2.24) is 20.7 Å². The van der Waals surface area contributed by atoms with Gasteiger partial charge in [-0.05, 0) is 19.1 Å². The van der Waals surface area contributed by atoms with Gasteiger partial charge >= 0.3 is 0 Å². The van der Waals surface area contributed by atoms with E-state index in [9.17, 15) is 4.79 Å². The predicted molar refractivity (Wildman–Crippen MR) is 51.0 cm³/mol. The van der Waals surface area contributed by atoms with E-state index in [-0.39, 0.29) is 11.6 Å². The van der Waals surface area contributed by atoms with Crippen molar-refractivity contribution >= 4 is 5.91 Å². The number of hydrogen-bond donors (Lipinski definition) is 2. The minimum absolute atomic E-state index is 0.262. The summed E-state index contributed by atoms with van der Waals surface area (Å²) in [6.45, 7) is 2.20. The Kier molecular flexibility index (Phi) is 2.49. The molecule has 78 valence electrons. The Bertz CT molecular complexity index is 446. The first-order chi connectivity index (χ1) is 7.25. The van der Waals surface area contributed by atoms with Crippen molar-refractivity contribution in [3.05, 3.63) is 35.5 Å². The number of hydrogen-bond acceptors (Lipinski definition) is 4. The molecule has 2 aromatic rings. The minimum Gasteiger partial charge on any atom is -0.465 e. The van der Waals surface area contributed by atoms with Gasteiger partial charge < -0.3 is 9.73 Å². The molecule has 0 fully saturated rings. The van der Waals surface area contributed by atoms with Gasteiger partial charge in [-0.25, -0.2) is 0 Å². The number of rotatable bonds is 3. The number of aryl methyl sites for hydroxylation is 1. The highest BCUT2D eigenvalue weighted by atomic mass is 16.3. The predicted octanol–water partition coefficient (Wildman–Crippen LogP) is 0.636. The molecule has 0 aliphatic heterocycles. The zero-order valence-corrected chi connectivity index (χ0v) is 8.15. The third-order valence-corrected chi connectivity index (χ3v) is 1.87. The van der Waals surface area contributed by atoms with Crippen LogP contribution in [0.1, 0.15) is 22.0 Å². The lowest BCUT2D eigenvalue weighted by Crippen LogP contribution is -2.22. The molecule has 0 unspecified atom stereocenters. The molecular weight excluding hydrogens is 196 g/mol. The maximum Gasteiger partial charge on any atom is 0.273 e. The fourth-order valence-electron chi connectivity index (χ4n) is 1.15. The van der Waals surface area contributed by atoms with Gasteiger partial charge in [0.25, 0.3) is 5.91 Å². The molecular formula is C9H10N4O2. The lowest BCUT2D eigenvalue weighted by molar-refractivity contribution is 0.0943. The van der Waals surface area contributed by atoms with Crippen LogP contribution in [0.15, 0.2) is 22.7 Å². The van der Waals surface area contributed by atoms with E-state index in [1.807, 2.05) is 19.1 Å². The lowest BCUT2D eigenvalue weighted by atomic mass is 10.4. The Morgan fingerprint density at radius 2 is 2.47 bits per heavy atom. The van der Waals surface area contributed by atoms with Crippen LogP contribution in [0.2, 0.25) is 0 Å². The summed E-state index contributed by atoms with van der Waals surface area (Å²) in [5, 5.41) is 12.2. The Morgan fingerprint density at radius 3 is 3.07 bits per heavy atom. The van der Waals surface area contributed by atoms with Gasteiger partial charge in [0.15, 0.2) is 5.69 Å². The first-order valence-corrected chi connectivity index (χ1v) is 4.45. The fourth-order valence-corrected chi connectivity index (χ4v) is 1.15. The normalized spacial score (nSPS) is 10.2. The fraction of sp³-hybridized carbons (Fsp3) is 0.222. The molecule has 2 aromatic heterocycles. The van der Waals surface area contributed by atoms with Crippen LogP contribution in [0, 0.1) is 6.92 Å². The average Bonchev–Trinajstić information content (AvgIpc) is 2.84. The third kappa shape index (κ3) is 2.22. The average molecular weight is 206 g/mol. The first-order valence-electron chi connectivity index (χ1n) is 4.45. The molecule has 2 rings (SSSR count). The van der Waals surface area contributed by atoms with Gasteiger partial charge in [0.05, 0.1) is 12.7 Å². The number of nitrogens with one attached hydrogen (secondary N) is 2. The molecule has 2 N–H and O–H groups in total. The second-order valence-electron chi connectivity index (χ2n) is 3.05. The van der Waals surface area contributed by atoms with Crippen LogP contribution in [0.5, 0.6) is 0 Å². The number of H-pyrrole nitrogens is 1. The number of amides is 1. The largest absolute Gasteiger partial charge is 0.465 e. The van der Waals surface area contributed by atoms with Crippen LogP contribution >= 0.6 is 0 Å². The molecule has 0 aliphatic carbocycles.